The van der Waals surface area contributed by atoms with E-state index in [4.69, 9.17) is 17.0 Å². The lowest BCUT2D eigenvalue weighted by Crippen LogP contribution is -2.38. The Hall–Kier alpha value is -6.39. The molecule has 23 heteroatoms. The van der Waals surface area contributed by atoms with Gasteiger partial charge in [-0.25, -0.2) is 40.3 Å². The smallest absolute Gasteiger partial charge is 0.293 e. The largest absolute Gasteiger partial charge is 0.392 e. The molecule has 0 saturated heterocycles. The van der Waals surface area contributed by atoms with Gasteiger partial charge >= 0.3 is 0 Å². The standard InChI is InChI=1S/C41H33ClF7N9O5S/c1-51-33-29(8-6-26(42)32(33)37(50)56-64(2,62)63)58-39(54-38-23(40(58)61)5-7-27(53-38)22-4-3-19(43)12-18(22)16-59)28(11-17-9-20(44)13-21(45)10-17)52-30(60)15-57-35-31(34(55-57)36(46)47)24-14-25(24)41(35,48)49/h3-10,12-13,24-25,28,36,51,59H,11,14-16H2,1-2H3,(H2,50,56)(H,52,60)/t24-,25+,28-/m0/s1. The average molecular weight is 932 g/mol. The first-order valence-electron chi connectivity index (χ1n) is 19.1. The van der Waals surface area contributed by atoms with Crippen molar-refractivity contribution in [2.45, 2.75) is 50.3 Å². The molecular formula is C41H33ClF7N9O5S. The molecule has 334 valence electrons. The van der Waals surface area contributed by atoms with Gasteiger partial charge < -0.3 is 15.7 Å². The molecule has 0 radical (unpaired) electrons. The molecule has 3 atom stereocenters. The topological polar surface area (TPSA) is 197 Å². The minimum atomic E-state index is -4.07. The van der Waals surface area contributed by atoms with Crippen molar-refractivity contribution in [3.63, 3.8) is 0 Å². The number of aromatic nitrogens is 5. The van der Waals surface area contributed by atoms with Gasteiger partial charge in [0.2, 0.25) is 15.9 Å². The van der Waals surface area contributed by atoms with Gasteiger partial charge in [-0.15, -0.1) is 0 Å². The lowest BCUT2D eigenvalue weighted by Gasteiger charge is -2.25. The van der Waals surface area contributed by atoms with Crippen LogP contribution in [0, 0.1) is 28.8 Å². The van der Waals surface area contributed by atoms with Crippen LogP contribution in [0.15, 0.2) is 65.5 Å². The maximum atomic E-state index is 15.5. The highest BCUT2D eigenvalue weighted by Gasteiger charge is 2.67. The molecule has 5 N–H and O–H groups in total. The van der Waals surface area contributed by atoms with E-state index in [1.54, 1.807) is 0 Å². The van der Waals surface area contributed by atoms with Crippen LogP contribution in [0.4, 0.5) is 36.4 Å². The molecule has 6 aromatic rings. The molecule has 0 unspecified atom stereocenters. The number of amidine groups is 1. The van der Waals surface area contributed by atoms with E-state index in [9.17, 15) is 45.1 Å². The third-order valence-electron chi connectivity index (χ3n) is 10.9. The van der Waals surface area contributed by atoms with E-state index in [-0.39, 0.29) is 67.4 Å². The summed E-state index contributed by atoms with van der Waals surface area (Å²) < 4.78 is 131. The van der Waals surface area contributed by atoms with E-state index in [0.29, 0.717) is 10.7 Å². The first-order chi connectivity index (χ1) is 30.2. The molecular weight excluding hydrogens is 899 g/mol. The Balaban J connectivity index is 1.35. The average Bonchev–Trinajstić information content (AvgIpc) is 3.87. The zero-order valence-corrected chi connectivity index (χ0v) is 34.7. The number of alkyl halides is 4. The number of hydrogen-bond donors (Lipinski definition) is 5. The molecule has 2 aliphatic rings. The van der Waals surface area contributed by atoms with Gasteiger partial charge in [-0.3, -0.25) is 29.0 Å². The van der Waals surface area contributed by atoms with E-state index in [1.165, 1.54) is 37.4 Å². The normalized spacial score (nSPS) is 16.7. The summed E-state index contributed by atoms with van der Waals surface area (Å²) in [5.41, 5.74) is -3.59. The third-order valence-corrected chi connectivity index (χ3v) is 11.8. The van der Waals surface area contributed by atoms with E-state index in [1.807, 2.05) is 4.72 Å². The number of pyridine rings is 1. The summed E-state index contributed by atoms with van der Waals surface area (Å²) in [6, 6.07) is 9.40. The van der Waals surface area contributed by atoms with Crippen molar-refractivity contribution < 1.29 is 49.1 Å². The summed E-state index contributed by atoms with van der Waals surface area (Å²) in [5, 5.41) is 27.3. The Morgan fingerprint density at radius 3 is 2.41 bits per heavy atom. The van der Waals surface area contributed by atoms with Crippen LogP contribution in [0.5, 0.6) is 0 Å². The van der Waals surface area contributed by atoms with Crippen LogP contribution in [-0.2, 0) is 40.3 Å². The van der Waals surface area contributed by atoms with Crippen LogP contribution in [0.1, 0.15) is 64.3 Å². The Kier molecular flexibility index (Phi) is 11.3. The molecule has 0 spiro atoms. The Morgan fingerprint density at radius 1 is 1.03 bits per heavy atom. The monoisotopic (exact) mass is 931 g/mol. The fourth-order valence-corrected chi connectivity index (χ4v) is 8.98. The number of carbonyl (C=O) groups excluding carboxylic acids is 1. The SMILES string of the molecule is CNc1c(-n2c([C@H](Cc3cc(F)cc(F)c3)NC(=O)Cn3nc(C(F)F)c4c3C(F)(F)[C@@H]3C[C@H]43)nc3nc(-c4ccc(F)cc4CO)ccc3c2=O)ccc(Cl)c1C(=N)NS(C)(=O)=O. The third kappa shape index (κ3) is 8.04. The molecule has 8 rings (SSSR count). The van der Waals surface area contributed by atoms with Crippen molar-refractivity contribution in [3.8, 4) is 16.9 Å². The Bertz CT molecular complexity index is 3090. The molecule has 64 heavy (non-hydrogen) atoms. The summed E-state index contributed by atoms with van der Waals surface area (Å²) >= 11 is 6.51. The zero-order chi connectivity index (χ0) is 46.2. The number of fused-ring (bicyclic) bond motifs is 4. The van der Waals surface area contributed by atoms with Crippen LogP contribution in [0.25, 0.3) is 28.0 Å². The van der Waals surface area contributed by atoms with E-state index in [2.05, 4.69) is 25.7 Å². The zero-order valence-electron chi connectivity index (χ0n) is 33.2. The molecule has 3 heterocycles. The minimum absolute atomic E-state index is 0.0436. The number of nitrogens with zero attached hydrogens (tertiary/aromatic N) is 5. The van der Waals surface area contributed by atoms with Crippen LogP contribution in [-0.4, -0.2) is 62.9 Å². The predicted molar refractivity (Wildman–Crippen MR) is 219 cm³/mol. The van der Waals surface area contributed by atoms with Crippen molar-refractivity contribution in [1.29, 1.82) is 5.41 Å². The molecule has 0 bridgehead atoms. The molecule has 3 aromatic heterocycles. The quantitative estimate of drug-likeness (QED) is 0.0497. The second-order valence-corrected chi connectivity index (χ2v) is 17.4. The van der Waals surface area contributed by atoms with Crippen molar-refractivity contribution in [1.82, 2.24) is 34.4 Å². The van der Waals surface area contributed by atoms with Gasteiger partial charge in [0, 0.05) is 36.6 Å². The highest BCUT2D eigenvalue weighted by Crippen LogP contribution is 2.68. The van der Waals surface area contributed by atoms with Gasteiger partial charge in [0.05, 0.1) is 51.9 Å². The van der Waals surface area contributed by atoms with Gasteiger partial charge in [-0.1, -0.05) is 11.6 Å². The molecule has 0 aliphatic heterocycles. The van der Waals surface area contributed by atoms with Crippen molar-refractivity contribution in [2.75, 3.05) is 18.6 Å². The number of anilines is 1. The van der Waals surface area contributed by atoms with E-state index in [0.717, 1.165) is 35.1 Å². The van der Waals surface area contributed by atoms with E-state index >= 15 is 8.78 Å². The van der Waals surface area contributed by atoms with Crippen molar-refractivity contribution in [2.24, 2.45) is 5.92 Å². The number of amides is 1. The molecule has 1 amide bonds. The highest BCUT2D eigenvalue weighted by atomic mass is 35.5. The summed E-state index contributed by atoms with van der Waals surface area (Å²) in [4.78, 5) is 38.3. The summed E-state index contributed by atoms with van der Waals surface area (Å²) in [7, 11) is -2.72. The number of carbonyl (C=O) groups is 1. The van der Waals surface area contributed by atoms with Crippen molar-refractivity contribution >= 4 is 50.1 Å². The minimum Gasteiger partial charge on any atom is -0.392 e. The molecule has 3 aromatic carbocycles. The van der Waals surface area contributed by atoms with Gasteiger partial charge in [0.15, 0.2) is 5.65 Å². The summed E-state index contributed by atoms with van der Waals surface area (Å²) in [5.74, 6) is -10.8. The van der Waals surface area contributed by atoms with E-state index < -0.39 is 112 Å². The predicted octanol–water partition coefficient (Wildman–Crippen LogP) is 6.37. The van der Waals surface area contributed by atoms with Gasteiger partial charge in [0.25, 0.3) is 17.9 Å². The van der Waals surface area contributed by atoms with Gasteiger partial charge in [0.1, 0.15) is 47.0 Å². The number of rotatable bonds is 13. The number of sulfonamides is 1. The van der Waals surface area contributed by atoms with Crippen LogP contribution in [0.3, 0.4) is 0 Å². The molecule has 2 aliphatic carbocycles. The van der Waals surface area contributed by atoms with Gasteiger partial charge in [-0.05, 0) is 78.1 Å². The van der Waals surface area contributed by atoms with Gasteiger partial charge in [-0.2, -0.15) is 13.9 Å². The number of halogens is 8. The number of nitrogens with one attached hydrogen (secondary N) is 4. The maximum Gasteiger partial charge on any atom is 0.293 e. The lowest BCUT2D eigenvalue weighted by atomic mass is 10.0. The summed E-state index contributed by atoms with van der Waals surface area (Å²) in [6.45, 7) is -1.68. The molecule has 1 saturated carbocycles. The van der Waals surface area contributed by atoms with Crippen LogP contribution in [0.2, 0.25) is 5.02 Å². The fourth-order valence-electron chi connectivity index (χ4n) is 8.25. The first-order valence-corrected chi connectivity index (χ1v) is 21.4. The second kappa shape index (κ2) is 16.3. The number of benzene rings is 3. The first kappa shape index (κ1) is 44.2. The molecule has 14 nitrogen and oxygen atoms in total. The fraction of sp³-hybridized carbons (Fsp3) is 0.268. The second-order valence-electron chi connectivity index (χ2n) is 15.2. The van der Waals surface area contributed by atoms with Crippen molar-refractivity contribution in [3.05, 3.63) is 133 Å². The van der Waals surface area contributed by atoms with Crippen LogP contribution >= 0.6 is 11.6 Å². The lowest BCUT2D eigenvalue weighted by molar-refractivity contribution is -0.123. The maximum absolute atomic E-state index is 15.5. The number of aliphatic hydroxyl groups excluding tert-OH is 1. The highest BCUT2D eigenvalue weighted by molar-refractivity contribution is 7.89. The molecule has 1 fully saturated rings. The Morgan fingerprint density at radius 2 is 1.75 bits per heavy atom. The Labute approximate surface area is 362 Å². The summed E-state index contributed by atoms with van der Waals surface area (Å²) in [6.07, 6.45) is -3.09. The number of hydrogen-bond acceptors (Lipinski definition) is 10. The number of aliphatic hydroxyl groups is 1. The van der Waals surface area contributed by atoms with Crippen LogP contribution < -0.4 is 20.9 Å².